The third-order valence-corrected chi connectivity index (χ3v) is 2.81. The van der Waals surface area contributed by atoms with Gasteiger partial charge in [-0.15, -0.1) is 0 Å². The van der Waals surface area contributed by atoms with Crippen LogP contribution in [0.4, 0.5) is 0 Å². The molecule has 17 heavy (non-hydrogen) atoms. The van der Waals surface area contributed by atoms with E-state index < -0.39 is 0 Å². The second-order valence-corrected chi connectivity index (χ2v) is 4.18. The minimum atomic E-state index is 0.143. The molecular weight excluding hydrogens is 214 g/mol. The van der Waals surface area contributed by atoms with Crippen LogP contribution >= 0.6 is 0 Å². The summed E-state index contributed by atoms with van der Waals surface area (Å²) in [6.45, 7) is 3.95. The first-order valence-electron chi connectivity index (χ1n) is 6.21. The molecule has 0 radical (unpaired) electrons. The van der Waals surface area contributed by atoms with Crippen LogP contribution in [0.2, 0.25) is 0 Å². The lowest BCUT2D eigenvalue weighted by Crippen LogP contribution is -2.26. The van der Waals surface area contributed by atoms with Gasteiger partial charge < -0.3 is 10.1 Å². The molecule has 0 amide bonds. The largest absolute Gasteiger partial charge is 0.501 e. The van der Waals surface area contributed by atoms with Gasteiger partial charge in [-0.1, -0.05) is 6.92 Å². The third-order valence-electron chi connectivity index (χ3n) is 2.81. The maximum atomic E-state index is 5.41. The molecule has 1 aliphatic rings. The van der Waals surface area contributed by atoms with Crippen LogP contribution in [0.15, 0.2) is 30.4 Å². The molecule has 1 aromatic rings. The van der Waals surface area contributed by atoms with Crippen molar-refractivity contribution < 1.29 is 4.74 Å². The Balaban J connectivity index is 2.15. The molecule has 0 aliphatic carbocycles. The maximum Gasteiger partial charge on any atom is 0.0876 e. The van der Waals surface area contributed by atoms with Gasteiger partial charge in [0.15, 0.2) is 0 Å². The van der Waals surface area contributed by atoms with E-state index in [1.165, 1.54) is 5.57 Å². The molecule has 1 atom stereocenters. The van der Waals surface area contributed by atoms with Crippen LogP contribution in [0, 0.1) is 0 Å². The summed E-state index contributed by atoms with van der Waals surface area (Å²) < 4.78 is 5.41. The Morgan fingerprint density at radius 1 is 1.47 bits per heavy atom. The molecular formula is C13H19N3O. The van der Waals surface area contributed by atoms with Crippen molar-refractivity contribution in [1.29, 1.82) is 0 Å². The van der Waals surface area contributed by atoms with Gasteiger partial charge in [0.1, 0.15) is 0 Å². The van der Waals surface area contributed by atoms with E-state index in [4.69, 9.17) is 4.74 Å². The van der Waals surface area contributed by atoms with Gasteiger partial charge in [0.2, 0.25) is 0 Å². The molecule has 4 nitrogen and oxygen atoms in total. The van der Waals surface area contributed by atoms with Crippen molar-refractivity contribution in [1.82, 2.24) is 15.3 Å². The Bertz CT molecular complexity index is 364. The van der Waals surface area contributed by atoms with E-state index in [2.05, 4.69) is 22.2 Å². The van der Waals surface area contributed by atoms with Gasteiger partial charge >= 0.3 is 0 Å². The lowest BCUT2D eigenvalue weighted by atomic mass is 9.99. The Labute approximate surface area is 102 Å². The quantitative estimate of drug-likeness (QED) is 0.847. The number of aromatic nitrogens is 2. The number of ether oxygens (including phenoxy) is 1. The van der Waals surface area contributed by atoms with E-state index >= 15 is 0 Å². The molecule has 0 saturated heterocycles. The molecule has 1 aliphatic heterocycles. The molecule has 1 unspecified atom stereocenters. The standard InChI is InChI=1S/C13H19N3O/c1-2-5-16-13(11-4-3-8-17-10-11)12-9-14-6-7-15-12/h6-7,9-10,13,16H,2-5,8H2,1H3. The molecule has 0 spiro atoms. The minimum Gasteiger partial charge on any atom is -0.501 e. The van der Waals surface area contributed by atoms with Crippen LogP contribution in [0.25, 0.3) is 0 Å². The van der Waals surface area contributed by atoms with E-state index in [9.17, 15) is 0 Å². The summed E-state index contributed by atoms with van der Waals surface area (Å²) in [5, 5.41) is 3.50. The Kier molecular flexibility index (Phi) is 4.50. The minimum absolute atomic E-state index is 0.143. The monoisotopic (exact) mass is 233 g/mol. The fourth-order valence-corrected chi connectivity index (χ4v) is 1.97. The smallest absolute Gasteiger partial charge is 0.0876 e. The number of rotatable bonds is 5. The lowest BCUT2D eigenvalue weighted by molar-refractivity contribution is 0.219. The summed E-state index contributed by atoms with van der Waals surface area (Å²) in [4.78, 5) is 8.52. The van der Waals surface area contributed by atoms with Crippen LogP contribution in [0.3, 0.4) is 0 Å². The Hall–Kier alpha value is -1.42. The van der Waals surface area contributed by atoms with Crippen molar-refractivity contribution in [3.05, 3.63) is 36.1 Å². The van der Waals surface area contributed by atoms with Crippen LogP contribution in [-0.4, -0.2) is 23.1 Å². The zero-order valence-electron chi connectivity index (χ0n) is 10.2. The number of nitrogens with one attached hydrogen (secondary N) is 1. The lowest BCUT2D eigenvalue weighted by Gasteiger charge is -2.23. The van der Waals surface area contributed by atoms with Gasteiger partial charge in [0.05, 0.1) is 30.8 Å². The van der Waals surface area contributed by atoms with Crippen LogP contribution in [0.5, 0.6) is 0 Å². The average Bonchev–Trinajstić information content (AvgIpc) is 2.42. The zero-order chi connectivity index (χ0) is 11.9. The van der Waals surface area contributed by atoms with Crippen molar-refractivity contribution in [3.8, 4) is 0 Å². The van der Waals surface area contributed by atoms with Gasteiger partial charge in [-0.05, 0) is 31.4 Å². The highest BCUT2D eigenvalue weighted by molar-refractivity contribution is 5.20. The molecule has 4 heteroatoms. The van der Waals surface area contributed by atoms with E-state index in [0.29, 0.717) is 0 Å². The summed E-state index contributed by atoms with van der Waals surface area (Å²) in [7, 11) is 0. The van der Waals surface area contributed by atoms with E-state index in [1.54, 1.807) is 12.4 Å². The van der Waals surface area contributed by atoms with Gasteiger partial charge in [0.25, 0.3) is 0 Å². The second-order valence-electron chi connectivity index (χ2n) is 4.18. The molecule has 92 valence electrons. The SMILES string of the molecule is CCCNC(C1=COCCC1)c1cnccn1. The number of hydrogen-bond donors (Lipinski definition) is 1. The molecule has 0 bridgehead atoms. The molecule has 1 aromatic heterocycles. The number of nitrogens with zero attached hydrogens (tertiary/aromatic N) is 2. The normalized spacial score (nSPS) is 17.1. The molecule has 2 rings (SSSR count). The number of hydrogen-bond acceptors (Lipinski definition) is 4. The average molecular weight is 233 g/mol. The first-order chi connectivity index (χ1) is 8.42. The Morgan fingerprint density at radius 3 is 3.06 bits per heavy atom. The summed E-state index contributed by atoms with van der Waals surface area (Å²) in [5.74, 6) is 0. The van der Waals surface area contributed by atoms with Crippen molar-refractivity contribution >= 4 is 0 Å². The van der Waals surface area contributed by atoms with Crippen molar-refractivity contribution in [2.45, 2.75) is 32.2 Å². The van der Waals surface area contributed by atoms with Crippen LogP contribution in [0.1, 0.15) is 37.9 Å². The highest BCUT2D eigenvalue weighted by atomic mass is 16.5. The van der Waals surface area contributed by atoms with Gasteiger partial charge in [-0.3, -0.25) is 9.97 Å². The van der Waals surface area contributed by atoms with Gasteiger partial charge in [0, 0.05) is 12.4 Å². The summed E-state index contributed by atoms with van der Waals surface area (Å²) in [5.41, 5.74) is 2.24. The van der Waals surface area contributed by atoms with Crippen LogP contribution < -0.4 is 5.32 Å². The predicted molar refractivity (Wildman–Crippen MR) is 66.3 cm³/mol. The summed E-state index contributed by atoms with van der Waals surface area (Å²) in [6.07, 6.45) is 10.4. The summed E-state index contributed by atoms with van der Waals surface area (Å²) >= 11 is 0. The second kappa shape index (κ2) is 6.35. The van der Waals surface area contributed by atoms with Crippen molar-refractivity contribution in [2.24, 2.45) is 0 Å². The summed E-state index contributed by atoms with van der Waals surface area (Å²) in [6, 6.07) is 0.143. The topological polar surface area (TPSA) is 47.0 Å². The highest BCUT2D eigenvalue weighted by Gasteiger charge is 2.19. The first kappa shape index (κ1) is 12.0. The van der Waals surface area contributed by atoms with Crippen molar-refractivity contribution in [3.63, 3.8) is 0 Å². The molecule has 2 heterocycles. The van der Waals surface area contributed by atoms with Crippen molar-refractivity contribution in [2.75, 3.05) is 13.2 Å². The molecule has 0 aromatic carbocycles. The van der Waals surface area contributed by atoms with Crippen LogP contribution in [-0.2, 0) is 4.74 Å². The van der Waals surface area contributed by atoms with E-state index in [1.807, 2.05) is 12.5 Å². The first-order valence-corrected chi connectivity index (χ1v) is 6.21. The maximum absolute atomic E-state index is 5.41. The van der Waals surface area contributed by atoms with E-state index in [0.717, 1.165) is 38.1 Å². The van der Waals surface area contributed by atoms with E-state index in [-0.39, 0.29) is 6.04 Å². The predicted octanol–water partition coefficient (Wildman–Crippen LogP) is 2.21. The Morgan fingerprint density at radius 2 is 2.41 bits per heavy atom. The zero-order valence-corrected chi connectivity index (χ0v) is 10.2. The van der Waals surface area contributed by atoms with Gasteiger partial charge in [-0.2, -0.15) is 0 Å². The molecule has 0 saturated carbocycles. The molecule has 1 N–H and O–H groups in total. The fraction of sp³-hybridized carbons (Fsp3) is 0.538. The third kappa shape index (κ3) is 3.27. The fourth-order valence-electron chi connectivity index (χ4n) is 1.97. The molecule has 0 fully saturated rings. The van der Waals surface area contributed by atoms with Gasteiger partial charge in [-0.25, -0.2) is 0 Å². The highest BCUT2D eigenvalue weighted by Crippen LogP contribution is 2.25.